The van der Waals surface area contributed by atoms with Crippen molar-refractivity contribution in [1.82, 2.24) is 4.98 Å². The molecule has 16 heavy (non-hydrogen) atoms. The molecule has 0 amide bonds. The minimum absolute atomic E-state index is 0.601. The summed E-state index contributed by atoms with van der Waals surface area (Å²) in [6, 6.07) is 12.7. The van der Waals surface area contributed by atoms with Crippen LogP contribution in [0, 0.1) is 12.3 Å². The van der Waals surface area contributed by atoms with Gasteiger partial charge in [-0.25, -0.2) is 0 Å². The molecule has 1 atom stereocenters. The van der Waals surface area contributed by atoms with E-state index in [1.165, 1.54) is 0 Å². The normalized spacial score (nSPS) is 13.8. The SMILES string of the molecule is C#CC(O)(c1ccccc1)c1cccnc1. The minimum Gasteiger partial charge on any atom is -0.369 e. The number of pyridine rings is 1. The number of hydrogen-bond acceptors (Lipinski definition) is 2. The maximum Gasteiger partial charge on any atom is 0.178 e. The molecule has 0 radical (unpaired) electrons. The fourth-order valence-corrected chi connectivity index (χ4v) is 1.59. The van der Waals surface area contributed by atoms with E-state index in [1.54, 1.807) is 36.7 Å². The Hall–Kier alpha value is -2.11. The van der Waals surface area contributed by atoms with Crippen LogP contribution < -0.4 is 0 Å². The molecule has 1 aromatic carbocycles. The molecule has 0 aliphatic carbocycles. The van der Waals surface area contributed by atoms with Crippen LogP contribution in [0.1, 0.15) is 11.1 Å². The molecule has 2 aromatic rings. The van der Waals surface area contributed by atoms with Crippen LogP contribution in [0.5, 0.6) is 0 Å². The van der Waals surface area contributed by atoms with Gasteiger partial charge in [-0.3, -0.25) is 4.98 Å². The van der Waals surface area contributed by atoms with Gasteiger partial charge in [0.15, 0.2) is 5.60 Å². The lowest BCUT2D eigenvalue weighted by atomic mass is 9.88. The van der Waals surface area contributed by atoms with Gasteiger partial charge in [-0.15, -0.1) is 6.42 Å². The highest BCUT2D eigenvalue weighted by Gasteiger charge is 2.28. The Bertz CT molecular complexity index is 460. The lowest BCUT2D eigenvalue weighted by molar-refractivity contribution is 0.145. The largest absolute Gasteiger partial charge is 0.369 e. The van der Waals surface area contributed by atoms with Crippen LogP contribution in [-0.4, -0.2) is 10.1 Å². The van der Waals surface area contributed by atoms with E-state index in [0.717, 1.165) is 0 Å². The van der Waals surface area contributed by atoms with Crippen LogP contribution in [0.3, 0.4) is 0 Å². The van der Waals surface area contributed by atoms with Gasteiger partial charge in [0, 0.05) is 23.5 Å². The first-order chi connectivity index (χ1) is 7.77. The Morgan fingerprint density at radius 1 is 1.06 bits per heavy atom. The average Bonchev–Trinajstić information content (AvgIpc) is 2.40. The molecule has 78 valence electrons. The average molecular weight is 209 g/mol. The summed E-state index contributed by atoms with van der Waals surface area (Å²) in [6.45, 7) is 0. The first-order valence-corrected chi connectivity index (χ1v) is 4.93. The Kier molecular flexibility index (Phi) is 2.72. The molecular formula is C14H11NO. The van der Waals surface area contributed by atoms with Crippen molar-refractivity contribution in [2.24, 2.45) is 0 Å². The van der Waals surface area contributed by atoms with Crippen LogP contribution in [0.2, 0.25) is 0 Å². The number of aliphatic hydroxyl groups is 1. The summed E-state index contributed by atoms with van der Waals surface area (Å²) in [7, 11) is 0. The zero-order valence-corrected chi connectivity index (χ0v) is 8.67. The molecule has 2 nitrogen and oxygen atoms in total. The maximum atomic E-state index is 10.5. The van der Waals surface area contributed by atoms with Gasteiger partial charge in [-0.05, 0) is 6.07 Å². The first kappa shape index (κ1) is 10.4. The summed E-state index contributed by atoms with van der Waals surface area (Å²) in [6.07, 6.45) is 8.66. The van der Waals surface area contributed by atoms with Gasteiger partial charge in [0.25, 0.3) is 0 Å². The van der Waals surface area contributed by atoms with Gasteiger partial charge < -0.3 is 5.11 Å². The molecule has 0 aliphatic heterocycles. The van der Waals surface area contributed by atoms with Gasteiger partial charge >= 0.3 is 0 Å². The summed E-state index contributed by atoms with van der Waals surface area (Å²) in [5, 5.41) is 10.5. The molecule has 1 N–H and O–H groups in total. The molecule has 0 fully saturated rings. The number of nitrogens with zero attached hydrogens (tertiary/aromatic N) is 1. The zero-order chi connectivity index (χ0) is 11.4. The van der Waals surface area contributed by atoms with E-state index in [9.17, 15) is 5.11 Å². The molecule has 0 spiro atoms. The summed E-state index contributed by atoms with van der Waals surface area (Å²) < 4.78 is 0. The van der Waals surface area contributed by atoms with Crippen LogP contribution in [0.15, 0.2) is 54.9 Å². The number of hydrogen-bond donors (Lipinski definition) is 1. The summed E-state index contributed by atoms with van der Waals surface area (Å²) in [5.41, 5.74) is -0.135. The van der Waals surface area contributed by atoms with E-state index in [0.29, 0.717) is 11.1 Å². The van der Waals surface area contributed by atoms with Crippen molar-refractivity contribution < 1.29 is 5.11 Å². The van der Waals surface area contributed by atoms with Crippen molar-refractivity contribution in [2.45, 2.75) is 5.60 Å². The fourth-order valence-electron chi connectivity index (χ4n) is 1.59. The monoisotopic (exact) mass is 209 g/mol. The van der Waals surface area contributed by atoms with Crippen LogP contribution in [0.4, 0.5) is 0 Å². The lowest BCUT2D eigenvalue weighted by Crippen LogP contribution is -2.25. The van der Waals surface area contributed by atoms with Crippen molar-refractivity contribution >= 4 is 0 Å². The molecule has 2 heteroatoms. The molecular weight excluding hydrogens is 198 g/mol. The van der Waals surface area contributed by atoms with Gasteiger partial charge in [-0.2, -0.15) is 0 Å². The van der Waals surface area contributed by atoms with E-state index < -0.39 is 5.60 Å². The van der Waals surface area contributed by atoms with Crippen LogP contribution in [-0.2, 0) is 5.60 Å². The molecule has 0 bridgehead atoms. The Morgan fingerprint density at radius 2 is 1.75 bits per heavy atom. The fraction of sp³-hybridized carbons (Fsp3) is 0.0714. The van der Waals surface area contributed by atoms with Crippen molar-refractivity contribution in [3.63, 3.8) is 0 Å². The molecule has 0 saturated carbocycles. The van der Waals surface area contributed by atoms with Crippen LogP contribution >= 0.6 is 0 Å². The highest BCUT2D eigenvalue weighted by molar-refractivity contribution is 5.42. The van der Waals surface area contributed by atoms with Crippen molar-refractivity contribution in [2.75, 3.05) is 0 Å². The van der Waals surface area contributed by atoms with Gasteiger partial charge in [-0.1, -0.05) is 42.3 Å². The predicted molar refractivity (Wildman–Crippen MR) is 62.5 cm³/mol. The quantitative estimate of drug-likeness (QED) is 0.767. The standard InChI is InChI=1S/C14H11NO/c1-2-14(16,12-7-4-3-5-8-12)13-9-6-10-15-11-13/h1,3-11,16H. The minimum atomic E-state index is -1.41. The second-order valence-corrected chi connectivity index (χ2v) is 3.46. The van der Waals surface area contributed by atoms with Gasteiger partial charge in [0.1, 0.15) is 0 Å². The molecule has 1 unspecified atom stereocenters. The first-order valence-electron chi connectivity index (χ1n) is 4.93. The zero-order valence-electron chi connectivity index (χ0n) is 8.67. The van der Waals surface area contributed by atoms with Crippen molar-refractivity contribution in [1.29, 1.82) is 0 Å². The summed E-state index contributed by atoms with van der Waals surface area (Å²) in [4.78, 5) is 3.97. The van der Waals surface area contributed by atoms with E-state index >= 15 is 0 Å². The van der Waals surface area contributed by atoms with E-state index in [4.69, 9.17) is 6.42 Å². The summed E-state index contributed by atoms with van der Waals surface area (Å²) >= 11 is 0. The molecule has 1 heterocycles. The van der Waals surface area contributed by atoms with E-state index in [2.05, 4.69) is 10.9 Å². The van der Waals surface area contributed by atoms with Crippen LogP contribution in [0.25, 0.3) is 0 Å². The third-order valence-corrected chi connectivity index (χ3v) is 2.48. The highest BCUT2D eigenvalue weighted by atomic mass is 16.3. The number of aromatic nitrogens is 1. The van der Waals surface area contributed by atoms with Crippen molar-refractivity contribution in [3.05, 3.63) is 66.0 Å². The third kappa shape index (κ3) is 1.69. The molecule has 0 saturated heterocycles. The lowest BCUT2D eigenvalue weighted by Gasteiger charge is -2.22. The van der Waals surface area contributed by atoms with E-state index in [1.807, 2.05) is 18.2 Å². The second-order valence-electron chi connectivity index (χ2n) is 3.46. The van der Waals surface area contributed by atoms with Gasteiger partial charge in [0.2, 0.25) is 0 Å². The molecule has 1 aromatic heterocycles. The van der Waals surface area contributed by atoms with E-state index in [-0.39, 0.29) is 0 Å². The number of benzene rings is 1. The Labute approximate surface area is 94.6 Å². The van der Waals surface area contributed by atoms with Crippen molar-refractivity contribution in [3.8, 4) is 12.3 Å². The number of rotatable bonds is 2. The predicted octanol–water partition coefficient (Wildman–Crippen LogP) is 1.95. The molecule has 2 rings (SSSR count). The summed E-state index contributed by atoms with van der Waals surface area (Å²) in [5.74, 6) is 2.43. The Morgan fingerprint density at radius 3 is 2.31 bits per heavy atom. The highest BCUT2D eigenvalue weighted by Crippen LogP contribution is 2.27. The Balaban J connectivity index is 2.55. The van der Waals surface area contributed by atoms with Gasteiger partial charge in [0.05, 0.1) is 0 Å². The maximum absolute atomic E-state index is 10.5. The smallest absolute Gasteiger partial charge is 0.178 e. The number of terminal acetylenes is 1. The third-order valence-electron chi connectivity index (χ3n) is 2.48. The second kappa shape index (κ2) is 4.18. The molecule has 0 aliphatic rings. The topological polar surface area (TPSA) is 33.1 Å².